The first-order chi connectivity index (χ1) is 19.1. The second kappa shape index (κ2) is 8.10. The zero-order valence-corrected chi connectivity index (χ0v) is 23.8. The number of carbonyl (C=O) groups excluding carboxylic acids is 2. The molecule has 7 rings (SSSR count). The van der Waals surface area contributed by atoms with Crippen LogP contribution in [-0.2, 0) is 11.3 Å². The van der Waals surface area contributed by atoms with Gasteiger partial charge in [-0.1, -0.05) is 88.4 Å². The average Bonchev–Trinajstić information content (AvgIpc) is 3.18. The first-order valence-electron chi connectivity index (χ1n) is 14.1. The lowest BCUT2D eigenvalue weighted by molar-refractivity contribution is -0.0134. The van der Waals surface area contributed by atoms with E-state index in [4.69, 9.17) is 0 Å². The first kappa shape index (κ1) is 24.7. The van der Waals surface area contributed by atoms with Crippen molar-refractivity contribution in [3.05, 3.63) is 106 Å². The summed E-state index contributed by atoms with van der Waals surface area (Å²) in [5.41, 5.74) is 4.78. The third-order valence-corrected chi connectivity index (χ3v) is 9.33. The summed E-state index contributed by atoms with van der Waals surface area (Å²) in [6, 6.07) is 24.4. The van der Waals surface area contributed by atoms with Crippen LogP contribution >= 0.6 is 0 Å². The van der Waals surface area contributed by atoms with Crippen LogP contribution in [0.25, 0.3) is 10.8 Å². The number of fused-ring (bicyclic) bond motifs is 5. The molecule has 2 heterocycles. The van der Waals surface area contributed by atoms with Crippen molar-refractivity contribution in [2.24, 2.45) is 0 Å². The maximum absolute atomic E-state index is 14.4. The molecule has 4 aromatic rings. The van der Waals surface area contributed by atoms with Crippen molar-refractivity contribution >= 4 is 34.0 Å². The molecule has 0 unspecified atom stereocenters. The predicted octanol–water partition coefficient (Wildman–Crippen LogP) is 6.80. The van der Waals surface area contributed by atoms with Crippen molar-refractivity contribution in [2.75, 3.05) is 24.7 Å². The van der Waals surface area contributed by atoms with Crippen LogP contribution in [0.2, 0.25) is 0 Å². The van der Waals surface area contributed by atoms with Crippen molar-refractivity contribution in [1.82, 2.24) is 9.80 Å². The zero-order valence-electron chi connectivity index (χ0n) is 23.8. The molecule has 202 valence electrons. The fourth-order valence-corrected chi connectivity index (χ4v) is 7.43. The molecule has 6 heteroatoms. The van der Waals surface area contributed by atoms with Crippen molar-refractivity contribution in [2.45, 2.75) is 50.9 Å². The highest BCUT2D eigenvalue weighted by molar-refractivity contribution is 6.09. The van der Waals surface area contributed by atoms with Gasteiger partial charge in [0.05, 0.1) is 22.5 Å². The van der Waals surface area contributed by atoms with Gasteiger partial charge in [-0.3, -0.25) is 9.59 Å². The molecule has 40 heavy (non-hydrogen) atoms. The summed E-state index contributed by atoms with van der Waals surface area (Å²) in [5.74, 6) is 0.230. The molecule has 0 saturated carbocycles. The van der Waals surface area contributed by atoms with Crippen LogP contribution in [0, 0.1) is 0 Å². The van der Waals surface area contributed by atoms with Crippen molar-refractivity contribution in [3.8, 4) is 0 Å². The van der Waals surface area contributed by atoms with E-state index in [1.165, 1.54) is 0 Å². The number of benzene rings is 4. The molecule has 1 aliphatic carbocycles. The molecule has 0 fully saturated rings. The van der Waals surface area contributed by atoms with Gasteiger partial charge in [-0.05, 0) is 45.9 Å². The minimum absolute atomic E-state index is 0.0778. The Kier molecular flexibility index (Phi) is 5.00. The van der Waals surface area contributed by atoms with Crippen molar-refractivity contribution < 1.29 is 9.59 Å². The van der Waals surface area contributed by atoms with E-state index in [1.807, 2.05) is 60.3 Å². The monoisotopic (exact) mass is 530 g/mol. The van der Waals surface area contributed by atoms with Crippen LogP contribution in [0.4, 0.5) is 11.4 Å². The minimum Gasteiger partial charge on any atom is -0.354 e. The topological polar surface area (TPSA) is 64.7 Å². The third kappa shape index (κ3) is 2.74. The minimum atomic E-state index is -1.13. The normalized spacial score (nSPS) is 22.8. The summed E-state index contributed by atoms with van der Waals surface area (Å²) in [7, 11) is 3.72. The largest absolute Gasteiger partial charge is 0.354 e. The molecule has 2 amide bonds. The smallest absolute Gasteiger partial charge is 0.257 e. The molecule has 6 nitrogen and oxygen atoms in total. The lowest BCUT2D eigenvalue weighted by Crippen LogP contribution is -2.74. The fourth-order valence-electron chi connectivity index (χ4n) is 7.43. The van der Waals surface area contributed by atoms with E-state index >= 15 is 0 Å². The van der Waals surface area contributed by atoms with E-state index in [-0.39, 0.29) is 23.7 Å². The molecule has 0 aromatic heterocycles. The number of amides is 2. The molecule has 2 spiro atoms. The van der Waals surface area contributed by atoms with Gasteiger partial charge in [-0.15, -0.1) is 0 Å². The molecular formula is C34H34N4O2. The van der Waals surface area contributed by atoms with Crippen LogP contribution < -0.4 is 10.6 Å². The van der Waals surface area contributed by atoms with Crippen LogP contribution in [0.5, 0.6) is 0 Å². The average molecular weight is 531 g/mol. The van der Waals surface area contributed by atoms with E-state index in [0.29, 0.717) is 11.1 Å². The van der Waals surface area contributed by atoms with Crippen molar-refractivity contribution in [3.63, 3.8) is 0 Å². The number of carbonyl (C=O) groups is 2. The first-order valence-corrected chi connectivity index (χ1v) is 14.1. The standard InChI is InChI=1S/C34H34N4O2/c1-19(2)22-13-9-15-24-29(22)35-33(37(5)31(24)39)26-17-7-11-21-12-8-18-27(28(21)26)34(33)36-30-23(20(3)4)14-10-16-25(30)32(40)38(34)6/h7-20,35-36H,1-6H3/t33-,34-/m1/s1. The van der Waals surface area contributed by atoms with Gasteiger partial charge in [-0.2, -0.15) is 0 Å². The molecule has 2 aliphatic heterocycles. The Hall–Kier alpha value is -4.32. The number of anilines is 2. The quantitative estimate of drug-likeness (QED) is 0.299. The Morgan fingerprint density at radius 1 is 0.600 bits per heavy atom. The van der Waals surface area contributed by atoms with Crippen molar-refractivity contribution in [1.29, 1.82) is 0 Å². The van der Waals surface area contributed by atoms with Crippen LogP contribution in [0.3, 0.4) is 0 Å². The highest BCUT2D eigenvalue weighted by atomic mass is 16.2. The number of nitrogens with one attached hydrogen (secondary N) is 2. The van der Waals surface area contributed by atoms with Gasteiger partial charge in [-0.25, -0.2) is 0 Å². The summed E-state index contributed by atoms with van der Waals surface area (Å²) < 4.78 is 0. The maximum Gasteiger partial charge on any atom is 0.257 e. The highest BCUT2D eigenvalue weighted by Crippen LogP contribution is 2.61. The van der Waals surface area contributed by atoms with E-state index in [1.54, 1.807) is 0 Å². The number of hydrogen-bond donors (Lipinski definition) is 2. The molecular weight excluding hydrogens is 496 g/mol. The van der Waals surface area contributed by atoms with Gasteiger partial charge in [0, 0.05) is 25.2 Å². The van der Waals surface area contributed by atoms with Crippen LogP contribution in [-0.4, -0.2) is 35.7 Å². The Morgan fingerprint density at radius 3 is 1.40 bits per heavy atom. The molecule has 4 aromatic carbocycles. The van der Waals surface area contributed by atoms with Gasteiger partial charge >= 0.3 is 0 Å². The van der Waals surface area contributed by atoms with Gasteiger partial charge < -0.3 is 20.4 Å². The number of likely N-dealkylation sites (N-methyl/N-ethyl adjacent to an activating group) is 2. The van der Waals surface area contributed by atoms with Gasteiger partial charge in [0.25, 0.3) is 11.8 Å². The third-order valence-electron chi connectivity index (χ3n) is 9.33. The molecule has 0 saturated heterocycles. The summed E-state index contributed by atoms with van der Waals surface area (Å²) in [6.07, 6.45) is 0. The van der Waals surface area contributed by atoms with Gasteiger partial charge in [0.1, 0.15) is 0 Å². The number of para-hydroxylation sites is 2. The van der Waals surface area contributed by atoms with Gasteiger partial charge in [0.15, 0.2) is 11.3 Å². The van der Waals surface area contributed by atoms with Crippen LogP contribution in [0.1, 0.15) is 82.5 Å². The lowest BCUT2D eigenvalue weighted by Gasteiger charge is -2.59. The molecule has 3 aliphatic rings. The molecule has 2 atom stereocenters. The second-order valence-electron chi connectivity index (χ2n) is 12.0. The van der Waals surface area contributed by atoms with Gasteiger partial charge in [0.2, 0.25) is 0 Å². The SMILES string of the molecule is CC(C)c1cccc2c1N[C@]1(c3cccc4cccc(c34)[C@]13Nc1c(cccc1C(C)C)C(=O)N3C)N(C)C2=O. The van der Waals surface area contributed by atoms with E-state index in [0.717, 1.165) is 44.4 Å². The van der Waals surface area contributed by atoms with Crippen LogP contribution in [0.15, 0.2) is 72.8 Å². The summed E-state index contributed by atoms with van der Waals surface area (Å²) in [6.45, 7) is 8.58. The molecule has 0 bridgehead atoms. The summed E-state index contributed by atoms with van der Waals surface area (Å²) in [4.78, 5) is 32.5. The van der Waals surface area contributed by atoms with E-state index < -0.39 is 11.3 Å². The molecule has 2 N–H and O–H groups in total. The summed E-state index contributed by atoms with van der Waals surface area (Å²) >= 11 is 0. The molecule has 0 radical (unpaired) electrons. The zero-order chi connectivity index (χ0) is 28.1. The fraction of sp³-hybridized carbons (Fsp3) is 0.294. The predicted molar refractivity (Wildman–Crippen MR) is 160 cm³/mol. The maximum atomic E-state index is 14.4. The Balaban J connectivity index is 1.63. The Labute approximate surface area is 235 Å². The lowest BCUT2D eigenvalue weighted by atomic mass is 9.79. The summed E-state index contributed by atoms with van der Waals surface area (Å²) in [5, 5.41) is 10.0. The van der Waals surface area contributed by atoms with E-state index in [9.17, 15) is 9.59 Å². The highest BCUT2D eigenvalue weighted by Gasteiger charge is 2.69. The number of nitrogens with zero attached hydrogens (tertiary/aromatic N) is 2. The Bertz CT molecular complexity index is 1630. The Morgan fingerprint density at radius 2 is 1.00 bits per heavy atom. The second-order valence-corrected chi connectivity index (χ2v) is 12.0. The number of rotatable bonds is 2. The number of hydrogen-bond acceptors (Lipinski definition) is 4. The van der Waals surface area contributed by atoms with E-state index in [2.05, 4.69) is 74.7 Å².